The normalized spacial score (nSPS) is 24.7. The summed E-state index contributed by atoms with van der Waals surface area (Å²) in [7, 11) is 0. The molecule has 6 heteroatoms. The molecule has 2 aliphatic heterocycles. The Morgan fingerprint density at radius 3 is 2.33 bits per heavy atom. The summed E-state index contributed by atoms with van der Waals surface area (Å²) < 4.78 is 0. The van der Waals surface area contributed by atoms with Gasteiger partial charge >= 0.3 is 6.03 Å². The van der Waals surface area contributed by atoms with Gasteiger partial charge in [0.05, 0.1) is 0 Å². The highest BCUT2D eigenvalue weighted by atomic mass is 16.2. The van der Waals surface area contributed by atoms with E-state index in [1.165, 1.54) is 4.90 Å². The van der Waals surface area contributed by atoms with E-state index in [9.17, 15) is 14.4 Å². The van der Waals surface area contributed by atoms with Crippen LogP contribution >= 0.6 is 0 Å². The predicted octanol–water partition coefficient (Wildman–Crippen LogP) is 2.24. The summed E-state index contributed by atoms with van der Waals surface area (Å²) in [4.78, 5) is 41.8. The summed E-state index contributed by atoms with van der Waals surface area (Å²) in [6, 6.07) is 8.94. The number of carbonyl (C=O) groups excluding carboxylic acids is 3. The van der Waals surface area contributed by atoms with E-state index in [4.69, 9.17) is 0 Å². The largest absolute Gasteiger partial charge is 0.336 e. The first-order chi connectivity index (χ1) is 11.5. The molecule has 2 saturated heterocycles. The molecule has 0 saturated carbocycles. The van der Waals surface area contributed by atoms with Crippen LogP contribution in [0.15, 0.2) is 30.3 Å². The summed E-state index contributed by atoms with van der Waals surface area (Å²) in [5.74, 6) is -0.471. The van der Waals surface area contributed by atoms with Gasteiger partial charge in [-0.2, -0.15) is 0 Å². The summed E-state index contributed by atoms with van der Waals surface area (Å²) in [6.45, 7) is 3.87. The zero-order chi connectivity index (χ0) is 17.3. The van der Waals surface area contributed by atoms with Gasteiger partial charge in [0.2, 0.25) is 5.91 Å². The Labute approximate surface area is 142 Å². The van der Waals surface area contributed by atoms with Crippen molar-refractivity contribution in [2.45, 2.75) is 45.2 Å². The van der Waals surface area contributed by atoms with Crippen molar-refractivity contribution in [2.24, 2.45) is 0 Å². The van der Waals surface area contributed by atoms with Gasteiger partial charge < -0.3 is 4.90 Å². The van der Waals surface area contributed by atoms with Crippen molar-refractivity contribution in [1.29, 1.82) is 0 Å². The zero-order valence-corrected chi connectivity index (χ0v) is 14.1. The van der Waals surface area contributed by atoms with Gasteiger partial charge in [-0.25, -0.2) is 4.79 Å². The number of hydrogen-bond acceptors (Lipinski definition) is 3. The van der Waals surface area contributed by atoms with Crippen LogP contribution in [0, 0.1) is 0 Å². The molecule has 0 radical (unpaired) electrons. The minimum Gasteiger partial charge on any atom is -0.336 e. The lowest BCUT2D eigenvalue weighted by molar-refractivity contribution is -0.141. The van der Waals surface area contributed by atoms with E-state index in [2.05, 4.69) is 0 Å². The first kappa shape index (κ1) is 16.5. The second-order valence-corrected chi connectivity index (χ2v) is 6.61. The van der Waals surface area contributed by atoms with Gasteiger partial charge in [0.15, 0.2) is 0 Å². The smallest absolute Gasteiger partial charge is 0.332 e. The highest BCUT2D eigenvalue weighted by Crippen LogP contribution is 2.24. The van der Waals surface area contributed by atoms with Crippen LogP contribution in [0.3, 0.4) is 0 Å². The Morgan fingerprint density at radius 1 is 1.08 bits per heavy atom. The SMILES string of the molecule is C[C@@H]1CCC[C@H](C)N1C(=O)CN1C(=O)CN(c2ccccc2)C1=O. The van der Waals surface area contributed by atoms with Crippen LogP contribution in [0.4, 0.5) is 10.5 Å². The molecule has 0 unspecified atom stereocenters. The third kappa shape index (κ3) is 3.00. The molecule has 128 valence electrons. The second-order valence-electron chi connectivity index (χ2n) is 6.61. The van der Waals surface area contributed by atoms with E-state index in [1.54, 1.807) is 12.1 Å². The minimum absolute atomic E-state index is 0.0127. The van der Waals surface area contributed by atoms with Crippen molar-refractivity contribution in [3.05, 3.63) is 30.3 Å². The van der Waals surface area contributed by atoms with E-state index in [0.29, 0.717) is 5.69 Å². The summed E-state index contributed by atoms with van der Waals surface area (Å²) in [5, 5.41) is 0. The predicted molar refractivity (Wildman–Crippen MR) is 90.5 cm³/mol. The molecule has 0 spiro atoms. The van der Waals surface area contributed by atoms with Crippen molar-refractivity contribution in [3.8, 4) is 0 Å². The topological polar surface area (TPSA) is 60.9 Å². The molecule has 2 aliphatic rings. The maximum atomic E-state index is 12.7. The Balaban J connectivity index is 1.72. The molecule has 1 aromatic carbocycles. The average Bonchev–Trinajstić information content (AvgIpc) is 2.84. The molecule has 4 amide bonds. The van der Waals surface area contributed by atoms with Crippen molar-refractivity contribution < 1.29 is 14.4 Å². The number of piperidine rings is 1. The molecule has 0 N–H and O–H groups in total. The van der Waals surface area contributed by atoms with Gasteiger partial charge in [0.25, 0.3) is 5.91 Å². The van der Waals surface area contributed by atoms with E-state index in [1.807, 2.05) is 36.9 Å². The van der Waals surface area contributed by atoms with E-state index < -0.39 is 6.03 Å². The molecular formula is C18H23N3O3. The van der Waals surface area contributed by atoms with Gasteiger partial charge in [0.1, 0.15) is 13.1 Å². The summed E-state index contributed by atoms with van der Waals surface area (Å²) in [5.41, 5.74) is 0.672. The van der Waals surface area contributed by atoms with Crippen LogP contribution in [-0.4, -0.2) is 52.8 Å². The monoisotopic (exact) mass is 329 g/mol. The van der Waals surface area contributed by atoms with Crippen LogP contribution in [0.25, 0.3) is 0 Å². The van der Waals surface area contributed by atoms with Crippen molar-refractivity contribution in [3.63, 3.8) is 0 Å². The number of hydrogen-bond donors (Lipinski definition) is 0. The Hall–Kier alpha value is -2.37. The number of amides is 4. The third-order valence-corrected chi connectivity index (χ3v) is 4.90. The summed E-state index contributed by atoms with van der Waals surface area (Å²) in [6.07, 6.45) is 3.04. The summed E-state index contributed by atoms with van der Waals surface area (Å²) >= 11 is 0. The Kier molecular flexibility index (Phi) is 4.55. The fraction of sp³-hybridized carbons (Fsp3) is 0.500. The lowest BCUT2D eigenvalue weighted by Crippen LogP contribution is -2.52. The molecule has 0 aromatic heterocycles. The molecule has 2 atom stereocenters. The molecule has 2 heterocycles. The van der Waals surface area contributed by atoms with E-state index >= 15 is 0 Å². The Morgan fingerprint density at radius 2 is 1.71 bits per heavy atom. The molecule has 0 bridgehead atoms. The lowest BCUT2D eigenvalue weighted by atomic mass is 9.97. The number of anilines is 1. The van der Waals surface area contributed by atoms with Gasteiger partial charge in [-0.15, -0.1) is 0 Å². The molecule has 0 aliphatic carbocycles. The van der Waals surface area contributed by atoms with Crippen molar-refractivity contribution in [2.75, 3.05) is 18.0 Å². The first-order valence-corrected chi connectivity index (χ1v) is 8.47. The highest BCUT2D eigenvalue weighted by molar-refractivity contribution is 6.13. The van der Waals surface area contributed by atoms with Crippen LogP contribution in [0.5, 0.6) is 0 Å². The van der Waals surface area contributed by atoms with Crippen LogP contribution < -0.4 is 4.90 Å². The lowest BCUT2D eigenvalue weighted by Gasteiger charge is -2.39. The number of carbonyl (C=O) groups is 3. The number of para-hydroxylation sites is 1. The van der Waals surface area contributed by atoms with Gasteiger partial charge in [-0.05, 0) is 45.2 Å². The fourth-order valence-corrected chi connectivity index (χ4v) is 3.64. The number of imide groups is 1. The van der Waals surface area contributed by atoms with Gasteiger partial charge in [-0.3, -0.25) is 19.4 Å². The third-order valence-electron chi connectivity index (χ3n) is 4.90. The standard InChI is InChI=1S/C18H23N3O3/c1-13-7-6-8-14(2)21(13)17(23)12-20-16(22)11-19(18(20)24)15-9-4-3-5-10-15/h3-5,9-10,13-14H,6-8,11-12H2,1-2H3/t13-,14+. The number of likely N-dealkylation sites (tertiary alicyclic amines) is 1. The molecular weight excluding hydrogens is 306 g/mol. The molecule has 24 heavy (non-hydrogen) atoms. The Bertz CT molecular complexity index is 636. The highest BCUT2D eigenvalue weighted by Gasteiger charge is 2.40. The van der Waals surface area contributed by atoms with Crippen molar-refractivity contribution in [1.82, 2.24) is 9.80 Å². The fourth-order valence-electron chi connectivity index (χ4n) is 3.64. The maximum absolute atomic E-state index is 12.7. The van der Waals surface area contributed by atoms with Crippen LogP contribution in [0.1, 0.15) is 33.1 Å². The number of benzene rings is 1. The number of nitrogens with zero attached hydrogens (tertiary/aromatic N) is 3. The van der Waals surface area contributed by atoms with Crippen LogP contribution in [-0.2, 0) is 9.59 Å². The zero-order valence-electron chi connectivity index (χ0n) is 14.1. The number of urea groups is 1. The van der Waals surface area contributed by atoms with E-state index in [-0.39, 0.29) is 37.0 Å². The molecule has 1 aromatic rings. The first-order valence-electron chi connectivity index (χ1n) is 8.47. The van der Waals surface area contributed by atoms with E-state index in [0.717, 1.165) is 24.2 Å². The van der Waals surface area contributed by atoms with Gasteiger partial charge in [0, 0.05) is 17.8 Å². The second kappa shape index (κ2) is 6.63. The quantitative estimate of drug-likeness (QED) is 0.799. The molecule has 6 nitrogen and oxygen atoms in total. The maximum Gasteiger partial charge on any atom is 0.332 e. The van der Waals surface area contributed by atoms with Gasteiger partial charge in [-0.1, -0.05) is 18.2 Å². The minimum atomic E-state index is -0.420. The number of rotatable bonds is 3. The average molecular weight is 329 g/mol. The van der Waals surface area contributed by atoms with Crippen LogP contribution in [0.2, 0.25) is 0 Å². The molecule has 2 fully saturated rings. The van der Waals surface area contributed by atoms with Crippen molar-refractivity contribution >= 4 is 23.5 Å². The molecule has 3 rings (SSSR count).